The Balaban J connectivity index is 1.88. The summed E-state index contributed by atoms with van der Waals surface area (Å²) in [4.78, 5) is 1.28. The fraction of sp³-hybridized carbons (Fsp3) is 0.364. The topological polar surface area (TPSA) is 58.2 Å². The average molecular weight is 302 g/mol. The van der Waals surface area contributed by atoms with Crippen LogP contribution in [0.25, 0.3) is 0 Å². The zero-order valence-corrected chi connectivity index (χ0v) is 12.3. The van der Waals surface area contributed by atoms with Gasteiger partial charge in [-0.2, -0.15) is 0 Å². The first-order chi connectivity index (χ1) is 8.48. The van der Waals surface area contributed by atoms with Gasteiger partial charge in [-0.05, 0) is 36.8 Å². The summed E-state index contributed by atoms with van der Waals surface area (Å²) in [6.07, 6.45) is 2.62. The Labute approximate surface area is 116 Å². The van der Waals surface area contributed by atoms with Crippen molar-refractivity contribution in [1.29, 1.82) is 0 Å². The maximum absolute atomic E-state index is 11.2. The number of anilines is 1. The molecule has 1 aromatic heterocycles. The van der Waals surface area contributed by atoms with Gasteiger partial charge < -0.3 is 10.6 Å². The van der Waals surface area contributed by atoms with Crippen molar-refractivity contribution >= 4 is 43.5 Å². The molecule has 0 aromatic carbocycles. The van der Waals surface area contributed by atoms with E-state index in [4.69, 9.17) is 12.2 Å². The Morgan fingerprint density at radius 1 is 1.56 bits per heavy atom. The van der Waals surface area contributed by atoms with Crippen LogP contribution >= 0.6 is 23.6 Å². The summed E-state index contributed by atoms with van der Waals surface area (Å²) >= 11 is 6.79. The van der Waals surface area contributed by atoms with Crippen molar-refractivity contribution in [3.8, 4) is 0 Å². The van der Waals surface area contributed by atoms with E-state index in [1.165, 1.54) is 10.3 Å². The Bertz CT molecular complexity index is 575. The van der Waals surface area contributed by atoms with E-state index < -0.39 is 9.84 Å². The fourth-order valence-corrected chi connectivity index (χ4v) is 4.03. The first kappa shape index (κ1) is 13.5. The summed E-state index contributed by atoms with van der Waals surface area (Å²) in [6, 6.07) is 3.79. The number of sulfone groups is 1. The molecule has 0 amide bonds. The molecule has 7 heteroatoms. The van der Waals surface area contributed by atoms with E-state index in [0.29, 0.717) is 5.11 Å². The van der Waals surface area contributed by atoms with Gasteiger partial charge in [0, 0.05) is 10.3 Å². The minimum Gasteiger partial charge on any atom is -0.355 e. The SMILES string of the molecule is CCc1ccc(NC(=S)N[C@H]2C=CS(=O)(=O)C2)s1. The minimum atomic E-state index is -3.04. The second-order valence-electron chi connectivity index (χ2n) is 3.98. The monoisotopic (exact) mass is 302 g/mol. The van der Waals surface area contributed by atoms with Gasteiger partial charge in [0.15, 0.2) is 14.9 Å². The smallest absolute Gasteiger partial charge is 0.173 e. The molecule has 0 aliphatic carbocycles. The lowest BCUT2D eigenvalue weighted by atomic mass is 10.3. The van der Waals surface area contributed by atoms with Gasteiger partial charge in [0.25, 0.3) is 0 Å². The zero-order chi connectivity index (χ0) is 13.2. The summed E-state index contributed by atoms with van der Waals surface area (Å²) in [7, 11) is -3.04. The van der Waals surface area contributed by atoms with Gasteiger partial charge in [-0.1, -0.05) is 6.92 Å². The lowest BCUT2D eigenvalue weighted by Crippen LogP contribution is -2.38. The molecule has 1 aliphatic rings. The average Bonchev–Trinajstić information content (AvgIpc) is 2.85. The molecule has 18 heavy (non-hydrogen) atoms. The Morgan fingerprint density at radius 3 is 2.89 bits per heavy atom. The van der Waals surface area contributed by atoms with Crippen LogP contribution < -0.4 is 10.6 Å². The number of rotatable bonds is 3. The van der Waals surface area contributed by atoms with Gasteiger partial charge >= 0.3 is 0 Å². The second kappa shape index (κ2) is 5.38. The second-order valence-corrected chi connectivity index (χ2v) is 7.49. The van der Waals surface area contributed by atoms with Crippen LogP contribution in [-0.4, -0.2) is 25.3 Å². The van der Waals surface area contributed by atoms with Crippen LogP contribution in [0.2, 0.25) is 0 Å². The number of thiophene rings is 1. The van der Waals surface area contributed by atoms with Crippen molar-refractivity contribution < 1.29 is 8.42 Å². The predicted molar refractivity (Wildman–Crippen MR) is 79.8 cm³/mol. The van der Waals surface area contributed by atoms with Crippen LogP contribution in [0, 0.1) is 0 Å². The van der Waals surface area contributed by atoms with Crippen LogP contribution in [-0.2, 0) is 16.3 Å². The van der Waals surface area contributed by atoms with E-state index in [9.17, 15) is 8.42 Å². The maximum atomic E-state index is 11.2. The van der Waals surface area contributed by atoms with Gasteiger partial charge in [-0.3, -0.25) is 0 Å². The van der Waals surface area contributed by atoms with Crippen molar-refractivity contribution in [2.45, 2.75) is 19.4 Å². The molecule has 4 nitrogen and oxygen atoms in total. The Kier molecular flexibility index (Phi) is 4.04. The molecule has 0 fully saturated rings. The van der Waals surface area contributed by atoms with Crippen molar-refractivity contribution in [2.24, 2.45) is 0 Å². The van der Waals surface area contributed by atoms with E-state index in [-0.39, 0.29) is 11.8 Å². The molecule has 0 bridgehead atoms. The van der Waals surface area contributed by atoms with Crippen LogP contribution in [0.4, 0.5) is 5.00 Å². The molecule has 0 unspecified atom stereocenters. The van der Waals surface area contributed by atoms with Crippen molar-refractivity contribution in [1.82, 2.24) is 5.32 Å². The quantitative estimate of drug-likeness (QED) is 0.835. The molecule has 1 atom stereocenters. The summed E-state index contributed by atoms with van der Waals surface area (Å²) in [6.45, 7) is 2.10. The summed E-state index contributed by atoms with van der Waals surface area (Å²) in [5.74, 6) is 0.0689. The molecule has 1 aromatic rings. The lowest BCUT2D eigenvalue weighted by molar-refractivity contribution is 0.603. The molecule has 0 saturated carbocycles. The number of nitrogens with one attached hydrogen (secondary N) is 2. The molecule has 2 N–H and O–H groups in total. The number of hydrogen-bond acceptors (Lipinski definition) is 4. The normalized spacial score (nSPS) is 20.8. The molecule has 0 radical (unpaired) electrons. The first-order valence-electron chi connectivity index (χ1n) is 5.56. The molecule has 2 heterocycles. The third kappa shape index (κ3) is 3.54. The largest absolute Gasteiger partial charge is 0.355 e. The Morgan fingerprint density at radius 2 is 2.33 bits per heavy atom. The van der Waals surface area contributed by atoms with Crippen LogP contribution in [0.15, 0.2) is 23.6 Å². The highest BCUT2D eigenvalue weighted by molar-refractivity contribution is 7.94. The van der Waals surface area contributed by atoms with E-state index in [1.54, 1.807) is 17.4 Å². The molecule has 98 valence electrons. The maximum Gasteiger partial charge on any atom is 0.173 e. The highest BCUT2D eigenvalue weighted by Crippen LogP contribution is 2.22. The standard InChI is InChI=1S/C11H14N2O2S3/c1-2-9-3-4-10(17-9)13-11(16)12-8-5-6-18(14,15)7-8/h3-6,8H,2,7H2,1H3,(H2,12,13,16)/t8-/m0/s1. The summed E-state index contributed by atoms with van der Waals surface area (Å²) < 4.78 is 22.5. The molecular weight excluding hydrogens is 288 g/mol. The summed E-state index contributed by atoms with van der Waals surface area (Å²) in [5, 5.41) is 8.68. The first-order valence-corrected chi connectivity index (χ1v) is 8.50. The van der Waals surface area contributed by atoms with Crippen molar-refractivity contribution in [2.75, 3.05) is 11.1 Å². The molecular formula is C11H14N2O2S3. The fourth-order valence-electron chi connectivity index (χ4n) is 1.62. The lowest BCUT2D eigenvalue weighted by Gasteiger charge is -2.12. The van der Waals surface area contributed by atoms with Crippen LogP contribution in [0.5, 0.6) is 0 Å². The van der Waals surface area contributed by atoms with Gasteiger partial charge in [0.2, 0.25) is 0 Å². The van der Waals surface area contributed by atoms with E-state index in [1.807, 2.05) is 6.07 Å². The molecule has 2 rings (SSSR count). The van der Waals surface area contributed by atoms with E-state index >= 15 is 0 Å². The Hall–Kier alpha value is -0.920. The highest BCUT2D eigenvalue weighted by atomic mass is 32.2. The highest BCUT2D eigenvalue weighted by Gasteiger charge is 2.21. The third-order valence-corrected chi connectivity index (χ3v) is 5.25. The summed E-state index contributed by atoms with van der Waals surface area (Å²) in [5.41, 5.74) is 0. The number of thiocarbonyl (C=S) groups is 1. The molecule has 0 spiro atoms. The number of aryl methyl sites for hydroxylation is 1. The van der Waals surface area contributed by atoms with Gasteiger partial charge in [0.1, 0.15) is 0 Å². The number of hydrogen-bond donors (Lipinski definition) is 2. The van der Waals surface area contributed by atoms with Gasteiger partial charge in [-0.25, -0.2) is 8.42 Å². The third-order valence-electron chi connectivity index (χ3n) is 2.49. The van der Waals surface area contributed by atoms with E-state index in [0.717, 1.165) is 11.4 Å². The van der Waals surface area contributed by atoms with Gasteiger partial charge in [0.05, 0.1) is 16.8 Å². The van der Waals surface area contributed by atoms with Crippen molar-refractivity contribution in [3.05, 3.63) is 28.5 Å². The molecule has 1 aliphatic heterocycles. The van der Waals surface area contributed by atoms with Crippen LogP contribution in [0.1, 0.15) is 11.8 Å². The van der Waals surface area contributed by atoms with E-state index in [2.05, 4.69) is 23.6 Å². The minimum absolute atomic E-state index is 0.0689. The predicted octanol–water partition coefficient (Wildman–Crippen LogP) is 1.91. The zero-order valence-electron chi connectivity index (χ0n) is 9.84. The van der Waals surface area contributed by atoms with Crippen LogP contribution in [0.3, 0.4) is 0 Å². The van der Waals surface area contributed by atoms with Gasteiger partial charge in [-0.15, -0.1) is 11.3 Å². The molecule has 0 saturated heterocycles. The van der Waals surface area contributed by atoms with Crippen molar-refractivity contribution in [3.63, 3.8) is 0 Å².